The van der Waals surface area contributed by atoms with Crippen LogP contribution in [0.15, 0.2) is 83.8 Å². The van der Waals surface area contributed by atoms with Crippen LogP contribution in [0.5, 0.6) is 5.75 Å². The van der Waals surface area contributed by atoms with Crippen molar-refractivity contribution in [1.82, 2.24) is 10.2 Å². The van der Waals surface area contributed by atoms with E-state index in [0.29, 0.717) is 24.4 Å². The number of sulfonamides is 1. The van der Waals surface area contributed by atoms with Crippen LogP contribution < -0.4 is 14.4 Å². The minimum Gasteiger partial charge on any atom is -0.497 e. The van der Waals surface area contributed by atoms with E-state index >= 15 is 0 Å². The summed E-state index contributed by atoms with van der Waals surface area (Å²) in [4.78, 5) is 28.6. The molecule has 0 saturated carbocycles. The zero-order valence-electron chi connectivity index (χ0n) is 23.8. The number of rotatable bonds is 13. The zero-order valence-corrected chi connectivity index (χ0v) is 24.6. The largest absolute Gasteiger partial charge is 0.497 e. The number of methoxy groups -OCH3 is 1. The second-order valence-corrected chi connectivity index (χ2v) is 11.9. The number of hydrogen-bond donors (Lipinski definition) is 1. The third-order valence-electron chi connectivity index (χ3n) is 6.62. The molecular formula is C31H39N3O5S. The average molecular weight is 566 g/mol. The predicted octanol–water partition coefficient (Wildman–Crippen LogP) is 4.64. The first-order valence-corrected chi connectivity index (χ1v) is 14.9. The van der Waals surface area contributed by atoms with E-state index in [2.05, 4.69) is 5.32 Å². The molecule has 40 heavy (non-hydrogen) atoms. The summed E-state index contributed by atoms with van der Waals surface area (Å²) in [5.41, 5.74) is 2.01. The highest BCUT2D eigenvalue weighted by Gasteiger charge is 2.33. The number of nitrogens with one attached hydrogen (secondary N) is 1. The molecule has 3 aromatic carbocycles. The molecule has 0 radical (unpaired) electrons. The third kappa shape index (κ3) is 7.63. The number of nitrogens with zero attached hydrogens (tertiary/aromatic N) is 2. The van der Waals surface area contributed by atoms with Gasteiger partial charge in [-0.3, -0.25) is 13.9 Å². The Hall–Kier alpha value is -3.85. The highest BCUT2D eigenvalue weighted by Crippen LogP contribution is 2.28. The molecular weight excluding hydrogens is 526 g/mol. The van der Waals surface area contributed by atoms with Crippen LogP contribution in [0, 0.1) is 5.92 Å². The number of carbonyl (C=O) groups excluding carboxylic acids is 2. The lowest BCUT2D eigenvalue weighted by molar-refractivity contribution is -0.139. The number of aryl methyl sites for hydroxylation is 1. The maximum Gasteiger partial charge on any atom is 0.264 e. The molecule has 8 nitrogen and oxygen atoms in total. The molecule has 0 unspecified atom stereocenters. The molecule has 0 aliphatic heterocycles. The lowest BCUT2D eigenvalue weighted by Gasteiger charge is -2.32. The van der Waals surface area contributed by atoms with Crippen LogP contribution in [-0.4, -0.2) is 51.4 Å². The Balaban J connectivity index is 2.03. The lowest BCUT2D eigenvalue weighted by atomic mass is 10.1. The smallest absolute Gasteiger partial charge is 0.264 e. The van der Waals surface area contributed by atoms with Crippen LogP contribution in [0.1, 0.15) is 38.8 Å². The minimum absolute atomic E-state index is 0.0816. The molecule has 0 bridgehead atoms. The second-order valence-electron chi connectivity index (χ2n) is 9.99. The van der Waals surface area contributed by atoms with E-state index < -0.39 is 28.5 Å². The minimum atomic E-state index is -4.10. The van der Waals surface area contributed by atoms with Gasteiger partial charge < -0.3 is 15.0 Å². The maximum absolute atomic E-state index is 14.0. The van der Waals surface area contributed by atoms with Gasteiger partial charge in [0, 0.05) is 13.1 Å². The molecule has 214 valence electrons. The molecule has 0 aliphatic rings. The van der Waals surface area contributed by atoms with Gasteiger partial charge in [-0.15, -0.1) is 0 Å². The van der Waals surface area contributed by atoms with Gasteiger partial charge in [0.25, 0.3) is 10.0 Å². The molecule has 0 aromatic heterocycles. The fourth-order valence-corrected chi connectivity index (χ4v) is 5.72. The van der Waals surface area contributed by atoms with E-state index in [1.54, 1.807) is 56.5 Å². The molecule has 1 atom stereocenters. The summed E-state index contributed by atoms with van der Waals surface area (Å²) >= 11 is 0. The average Bonchev–Trinajstić information content (AvgIpc) is 2.97. The quantitative estimate of drug-likeness (QED) is 0.326. The molecule has 0 fully saturated rings. The van der Waals surface area contributed by atoms with Gasteiger partial charge in [-0.1, -0.05) is 69.3 Å². The van der Waals surface area contributed by atoms with Gasteiger partial charge in [0.2, 0.25) is 11.8 Å². The van der Waals surface area contributed by atoms with Gasteiger partial charge in [-0.05, 0) is 60.7 Å². The van der Waals surface area contributed by atoms with Crippen LogP contribution in [0.25, 0.3) is 0 Å². The molecule has 9 heteroatoms. The molecule has 0 spiro atoms. The molecule has 0 aliphatic carbocycles. The van der Waals surface area contributed by atoms with Gasteiger partial charge in [-0.2, -0.15) is 0 Å². The van der Waals surface area contributed by atoms with Gasteiger partial charge in [0.05, 0.1) is 17.7 Å². The van der Waals surface area contributed by atoms with Crippen molar-refractivity contribution in [3.05, 3.63) is 90.0 Å². The van der Waals surface area contributed by atoms with E-state index in [-0.39, 0.29) is 23.3 Å². The Morgan fingerprint density at radius 2 is 1.52 bits per heavy atom. The fraction of sp³-hybridized carbons (Fsp3) is 0.355. The van der Waals surface area contributed by atoms with Crippen molar-refractivity contribution in [1.29, 1.82) is 0 Å². The summed E-state index contributed by atoms with van der Waals surface area (Å²) in [5.74, 6) is 0.106. The Bertz CT molecular complexity index is 1380. The number of hydrogen-bond acceptors (Lipinski definition) is 5. The Morgan fingerprint density at radius 3 is 2.12 bits per heavy atom. The number of amides is 2. The molecule has 0 saturated heterocycles. The Labute approximate surface area is 238 Å². The standard InChI is InChI=1S/C31H39N3O5S/c1-6-26-12-10-11-15-29(26)34(40(37,38)28-13-8-7-9-14-28)22-30(35)33(24(4)31(36)32-20-23(2)3)21-25-16-18-27(39-5)19-17-25/h7-19,23-24H,6,20-22H2,1-5H3,(H,32,36)/t24-/m0/s1. The first-order valence-electron chi connectivity index (χ1n) is 13.4. The summed E-state index contributed by atoms with van der Waals surface area (Å²) in [6.07, 6.45) is 0.578. The fourth-order valence-electron chi connectivity index (χ4n) is 4.25. The van der Waals surface area contributed by atoms with Crippen LogP contribution in [0.2, 0.25) is 0 Å². The molecule has 3 rings (SSSR count). The van der Waals surface area contributed by atoms with Gasteiger partial charge in [0.15, 0.2) is 0 Å². The molecule has 0 heterocycles. The van der Waals surface area contributed by atoms with Crippen molar-refractivity contribution in [2.24, 2.45) is 5.92 Å². The molecule has 3 aromatic rings. The van der Waals surface area contributed by atoms with E-state index in [1.165, 1.54) is 17.0 Å². The van der Waals surface area contributed by atoms with Gasteiger partial charge in [0.1, 0.15) is 18.3 Å². The van der Waals surface area contributed by atoms with Crippen molar-refractivity contribution in [3.8, 4) is 5.75 Å². The second kappa shape index (κ2) is 14.0. The Morgan fingerprint density at radius 1 is 0.900 bits per heavy atom. The van der Waals surface area contributed by atoms with Crippen molar-refractivity contribution in [3.63, 3.8) is 0 Å². The number of para-hydroxylation sites is 1. The summed E-state index contributed by atoms with van der Waals surface area (Å²) in [6, 6.07) is 21.6. The third-order valence-corrected chi connectivity index (χ3v) is 8.39. The summed E-state index contributed by atoms with van der Waals surface area (Å²) in [7, 11) is -2.52. The number of benzene rings is 3. The van der Waals surface area contributed by atoms with Crippen LogP contribution >= 0.6 is 0 Å². The monoisotopic (exact) mass is 565 g/mol. The van der Waals surface area contributed by atoms with Gasteiger partial charge >= 0.3 is 0 Å². The van der Waals surface area contributed by atoms with Crippen molar-refractivity contribution in [2.75, 3.05) is 24.5 Å². The van der Waals surface area contributed by atoms with Crippen LogP contribution in [-0.2, 0) is 32.6 Å². The number of carbonyl (C=O) groups is 2. The first kappa shape index (κ1) is 30.7. The van der Waals surface area contributed by atoms with Gasteiger partial charge in [-0.25, -0.2) is 8.42 Å². The van der Waals surface area contributed by atoms with Crippen molar-refractivity contribution < 1.29 is 22.7 Å². The lowest BCUT2D eigenvalue weighted by Crippen LogP contribution is -2.51. The van der Waals surface area contributed by atoms with Crippen LogP contribution in [0.4, 0.5) is 5.69 Å². The SMILES string of the molecule is CCc1ccccc1N(CC(=O)N(Cc1ccc(OC)cc1)[C@@H](C)C(=O)NCC(C)C)S(=O)(=O)c1ccccc1. The van der Waals surface area contributed by atoms with E-state index in [4.69, 9.17) is 4.74 Å². The molecule has 2 amide bonds. The number of anilines is 1. The molecule has 1 N–H and O–H groups in total. The summed E-state index contributed by atoms with van der Waals surface area (Å²) in [6.45, 7) is 7.69. The Kier molecular flexibility index (Phi) is 10.7. The topological polar surface area (TPSA) is 96.0 Å². The summed E-state index contributed by atoms with van der Waals surface area (Å²) in [5, 5.41) is 2.90. The van der Waals surface area contributed by atoms with E-state index in [9.17, 15) is 18.0 Å². The normalized spacial score (nSPS) is 12.1. The highest BCUT2D eigenvalue weighted by molar-refractivity contribution is 7.92. The van der Waals surface area contributed by atoms with E-state index in [0.717, 1.165) is 15.4 Å². The first-order chi connectivity index (χ1) is 19.1. The summed E-state index contributed by atoms with van der Waals surface area (Å²) < 4.78 is 34.3. The maximum atomic E-state index is 14.0. The van der Waals surface area contributed by atoms with Crippen LogP contribution in [0.3, 0.4) is 0 Å². The van der Waals surface area contributed by atoms with Crippen molar-refractivity contribution in [2.45, 2.75) is 51.6 Å². The zero-order chi connectivity index (χ0) is 29.3. The number of ether oxygens (including phenoxy) is 1. The van der Waals surface area contributed by atoms with E-state index in [1.807, 2.05) is 45.0 Å². The predicted molar refractivity (Wildman–Crippen MR) is 158 cm³/mol. The van der Waals surface area contributed by atoms with Crippen molar-refractivity contribution >= 4 is 27.5 Å². The highest BCUT2D eigenvalue weighted by atomic mass is 32.2.